The summed E-state index contributed by atoms with van der Waals surface area (Å²) in [6.07, 6.45) is 1.86. The van der Waals surface area contributed by atoms with Crippen molar-refractivity contribution >= 4 is 26.8 Å². The Balaban J connectivity index is 2.24. The highest BCUT2D eigenvalue weighted by Crippen LogP contribution is 2.28. The van der Waals surface area contributed by atoms with Crippen LogP contribution >= 0.6 is 15.9 Å². The maximum atomic E-state index is 9.25. The van der Waals surface area contributed by atoms with E-state index in [0.29, 0.717) is 5.56 Å². The zero-order valence-corrected chi connectivity index (χ0v) is 12.4. The van der Waals surface area contributed by atoms with E-state index < -0.39 is 0 Å². The van der Waals surface area contributed by atoms with E-state index in [1.165, 1.54) is 0 Å². The third kappa shape index (κ3) is 2.06. The van der Waals surface area contributed by atoms with E-state index in [2.05, 4.69) is 22.0 Å². The van der Waals surface area contributed by atoms with Crippen LogP contribution in [0.5, 0.6) is 5.75 Å². The summed E-state index contributed by atoms with van der Waals surface area (Å²) >= 11 is 3.48. The number of aromatic nitrogens is 1. The number of methoxy groups -OCH3 is 1. The molecule has 0 saturated carbocycles. The van der Waals surface area contributed by atoms with Gasteiger partial charge in [-0.25, -0.2) is 0 Å². The van der Waals surface area contributed by atoms with Crippen molar-refractivity contribution < 1.29 is 4.74 Å². The first-order chi connectivity index (χ1) is 9.72. The van der Waals surface area contributed by atoms with Gasteiger partial charge in [-0.1, -0.05) is 22.0 Å². The Bertz CT molecular complexity index is 813. The number of fused-ring (bicyclic) bond motifs is 1. The molecule has 0 aliphatic carbocycles. The van der Waals surface area contributed by atoms with Crippen LogP contribution in [-0.2, 0) is 0 Å². The molecule has 0 fully saturated rings. The van der Waals surface area contributed by atoms with E-state index in [4.69, 9.17) is 4.74 Å². The second-order valence-corrected chi connectivity index (χ2v) is 5.30. The van der Waals surface area contributed by atoms with Gasteiger partial charge >= 0.3 is 0 Å². The minimum absolute atomic E-state index is 0.670. The van der Waals surface area contributed by atoms with Crippen molar-refractivity contribution in [2.45, 2.75) is 0 Å². The van der Waals surface area contributed by atoms with E-state index >= 15 is 0 Å². The second kappa shape index (κ2) is 5.03. The summed E-state index contributed by atoms with van der Waals surface area (Å²) in [5.74, 6) is 0.812. The quantitative estimate of drug-likeness (QED) is 0.705. The maximum absolute atomic E-state index is 9.25. The Morgan fingerprint density at radius 3 is 2.55 bits per heavy atom. The summed E-state index contributed by atoms with van der Waals surface area (Å²) in [6.45, 7) is 0. The molecule has 0 aliphatic rings. The smallest absolute Gasteiger partial charge is 0.119 e. The number of nitrogens with zero attached hydrogens (tertiary/aromatic N) is 2. The van der Waals surface area contributed by atoms with E-state index in [1.807, 2.05) is 53.2 Å². The van der Waals surface area contributed by atoms with Gasteiger partial charge in [-0.3, -0.25) is 0 Å². The average Bonchev–Trinajstić information content (AvgIpc) is 2.85. The van der Waals surface area contributed by atoms with Crippen molar-refractivity contribution in [1.82, 2.24) is 4.57 Å². The van der Waals surface area contributed by atoms with Crippen LogP contribution in [0.25, 0.3) is 16.6 Å². The summed E-state index contributed by atoms with van der Waals surface area (Å²) in [6, 6.07) is 15.9. The summed E-state index contributed by atoms with van der Waals surface area (Å²) in [4.78, 5) is 0. The van der Waals surface area contributed by atoms with Crippen LogP contribution in [0, 0.1) is 11.3 Å². The lowest BCUT2D eigenvalue weighted by Crippen LogP contribution is -1.92. The molecule has 0 aliphatic heterocycles. The van der Waals surface area contributed by atoms with Gasteiger partial charge in [-0.15, -0.1) is 0 Å². The normalized spacial score (nSPS) is 10.4. The second-order valence-electron chi connectivity index (χ2n) is 4.38. The van der Waals surface area contributed by atoms with Crippen molar-refractivity contribution in [2.24, 2.45) is 0 Å². The van der Waals surface area contributed by atoms with Crippen LogP contribution in [0.3, 0.4) is 0 Å². The lowest BCUT2D eigenvalue weighted by Gasteiger charge is -2.06. The Kier molecular flexibility index (Phi) is 3.21. The van der Waals surface area contributed by atoms with Crippen LogP contribution in [0.1, 0.15) is 5.56 Å². The molecule has 4 heteroatoms. The monoisotopic (exact) mass is 326 g/mol. The zero-order chi connectivity index (χ0) is 14.1. The van der Waals surface area contributed by atoms with E-state index in [-0.39, 0.29) is 0 Å². The van der Waals surface area contributed by atoms with E-state index in [0.717, 1.165) is 26.8 Å². The molecule has 2 aromatic carbocycles. The number of ether oxygens (including phenoxy) is 1. The van der Waals surface area contributed by atoms with Crippen molar-refractivity contribution in [3.8, 4) is 17.5 Å². The number of hydrogen-bond acceptors (Lipinski definition) is 2. The van der Waals surface area contributed by atoms with Gasteiger partial charge in [-0.2, -0.15) is 5.26 Å². The van der Waals surface area contributed by atoms with Crippen LogP contribution in [0.2, 0.25) is 0 Å². The first kappa shape index (κ1) is 12.8. The number of halogens is 1. The van der Waals surface area contributed by atoms with Gasteiger partial charge in [0, 0.05) is 21.7 Å². The molecule has 0 N–H and O–H groups in total. The van der Waals surface area contributed by atoms with Crippen LogP contribution in [0.15, 0.2) is 53.1 Å². The van der Waals surface area contributed by atoms with Crippen molar-refractivity contribution in [2.75, 3.05) is 7.11 Å². The molecule has 3 aromatic rings. The average molecular weight is 327 g/mol. The lowest BCUT2D eigenvalue weighted by molar-refractivity contribution is 0.415. The molecule has 0 unspecified atom stereocenters. The molecular weight excluding hydrogens is 316 g/mol. The fourth-order valence-electron chi connectivity index (χ4n) is 2.25. The first-order valence-corrected chi connectivity index (χ1v) is 6.87. The topological polar surface area (TPSA) is 38.0 Å². The standard InChI is InChI=1S/C16H11BrN2O/c1-20-14-5-3-13(4-6-14)19-10-11(9-18)15-7-2-12(17)8-16(15)19/h2-8,10H,1H3. The predicted molar refractivity (Wildman–Crippen MR) is 82.2 cm³/mol. The minimum atomic E-state index is 0.670. The third-order valence-corrected chi connectivity index (χ3v) is 3.73. The largest absolute Gasteiger partial charge is 0.497 e. The number of benzene rings is 2. The van der Waals surface area contributed by atoms with Crippen molar-refractivity contribution in [1.29, 1.82) is 5.26 Å². The predicted octanol–water partition coefficient (Wildman–Crippen LogP) is 4.27. The molecule has 1 aromatic heterocycles. The van der Waals surface area contributed by atoms with Gasteiger partial charge in [-0.05, 0) is 36.4 Å². The Hall–Kier alpha value is -2.25. The number of hydrogen-bond donors (Lipinski definition) is 0. The SMILES string of the molecule is COc1ccc(-n2cc(C#N)c3ccc(Br)cc32)cc1. The molecule has 0 spiro atoms. The molecule has 20 heavy (non-hydrogen) atoms. The minimum Gasteiger partial charge on any atom is -0.497 e. The summed E-state index contributed by atoms with van der Waals surface area (Å²) in [5, 5.41) is 10.2. The fourth-order valence-corrected chi connectivity index (χ4v) is 2.59. The third-order valence-electron chi connectivity index (χ3n) is 3.24. The lowest BCUT2D eigenvalue weighted by atomic mass is 10.2. The van der Waals surface area contributed by atoms with Crippen LogP contribution < -0.4 is 4.74 Å². The highest BCUT2D eigenvalue weighted by atomic mass is 79.9. The zero-order valence-electron chi connectivity index (χ0n) is 10.8. The Morgan fingerprint density at radius 1 is 1.15 bits per heavy atom. The first-order valence-electron chi connectivity index (χ1n) is 6.08. The van der Waals surface area contributed by atoms with E-state index in [1.54, 1.807) is 7.11 Å². The molecule has 0 bridgehead atoms. The van der Waals surface area contributed by atoms with Gasteiger partial charge in [0.15, 0.2) is 0 Å². The van der Waals surface area contributed by atoms with Gasteiger partial charge in [0.2, 0.25) is 0 Å². The molecule has 0 saturated heterocycles. The molecule has 3 nitrogen and oxygen atoms in total. The maximum Gasteiger partial charge on any atom is 0.119 e. The van der Waals surface area contributed by atoms with Crippen molar-refractivity contribution in [3.05, 3.63) is 58.7 Å². The number of rotatable bonds is 2. The van der Waals surface area contributed by atoms with E-state index in [9.17, 15) is 5.26 Å². The molecule has 0 atom stereocenters. The van der Waals surface area contributed by atoms with Crippen LogP contribution in [-0.4, -0.2) is 11.7 Å². The molecule has 3 rings (SSSR count). The highest BCUT2D eigenvalue weighted by molar-refractivity contribution is 9.10. The van der Waals surface area contributed by atoms with Crippen molar-refractivity contribution in [3.63, 3.8) is 0 Å². The Morgan fingerprint density at radius 2 is 1.90 bits per heavy atom. The molecule has 0 amide bonds. The highest BCUT2D eigenvalue weighted by Gasteiger charge is 2.10. The van der Waals surface area contributed by atoms with Gasteiger partial charge in [0.1, 0.15) is 11.8 Å². The molecule has 0 radical (unpaired) electrons. The number of nitriles is 1. The van der Waals surface area contributed by atoms with Crippen LogP contribution in [0.4, 0.5) is 0 Å². The van der Waals surface area contributed by atoms with Gasteiger partial charge in [0.05, 0.1) is 18.2 Å². The summed E-state index contributed by atoms with van der Waals surface area (Å²) < 4.78 is 8.17. The summed E-state index contributed by atoms with van der Waals surface area (Å²) in [7, 11) is 1.64. The Labute approximate surface area is 125 Å². The molecule has 1 heterocycles. The fraction of sp³-hybridized carbons (Fsp3) is 0.0625. The summed E-state index contributed by atoms with van der Waals surface area (Å²) in [5.41, 5.74) is 2.67. The molecule has 98 valence electrons. The van der Waals surface area contributed by atoms with Gasteiger partial charge in [0.25, 0.3) is 0 Å². The van der Waals surface area contributed by atoms with Gasteiger partial charge < -0.3 is 9.30 Å². The molecular formula is C16H11BrN2O.